The summed E-state index contributed by atoms with van der Waals surface area (Å²) in [6.45, 7) is 14.7. The van der Waals surface area contributed by atoms with Gasteiger partial charge in [0.1, 0.15) is 0 Å². The fraction of sp³-hybridized carbons (Fsp3) is 0.250. The van der Waals surface area contributed by atoms with Gasteiger partial charge in [-0.3, -0.25) is 0 Å². The number of hydrogen-bond acceptors (Lipinski definition) is 0. The highest BCUT2D eigenvalue weighted by atomic mass is 14.4. The molecule has 0 aromatic heterocycles. The summed E-state index contributed by atoms with van der Waals surface area (Å²) in [6, 6.07) is 8.51. The molecule has 0 nitrogen and oxygen atoms in total. The molecule has 1 aliphatic carbocycles. The monoisotopic (exact) mass is 210 g/mol. The van der Waals surface area contributed by atoms with E-state index in [9.17, 15) is 0 Å². The van der Waals surface area contributed by atoms with Crippen LogP contribution in [0.2, 0.25) is 0 Å². The molecule has 0 N–H and O–H groups in total. The lowest BCUT2D eigenvalue weighted by atomic mass is 9.81. The average Bonchev–Trinajstić information content (AvgIpc) is 2.41. The molecule has 16 heavy (non-hydrogen) atoms. The van der Waals surface area contributed by atoms with Crippen LogP contribution in [0.5, 0.6) is 0 Å². The van der Waals surface area contributed by atoms with Crippen molar-refractivity contribution >= 4 is 5.57 Å². The van der Waals surface area contributed by atoms with E-state index in [4.69, 9.17) is 0 Å². The number of rotatable bonds is 1. The van der Waals surface area contributed by atoms with Gasteiger partial charge in [-0.15, -0.1) is 0 Å². The highest BCUT2D eigenvalue weighted by molar-refractivity contribution is 5.88. The highest BCUT2D eigenvalue weighted by Crippen LogP contribution is 2.48. The van der Waals surface area contributed by atoms with Crippen LogP contribution in [0.3, 0.4) is 0 Å². The Hall–Kier alpha value is -1.56. The Morgan fingerprint density at radius 3 is 2.44 bits per heavy atom. The van der Waals surface area contributed by atoms with E-state index < -0.39 is 0 Å². The average molecular weight is 210 g/mol. The van der Waals surface area contributed by atoms with E-state index >= 15 is 0 Å². The van der Waals surface area contributed by atoms with Crippen LogP contribution in [0.25, 0.3) is 5.57 Å². The van der Waals surface area contributed by atoms with Crippen LogP contribution in [-0.4, -0.2) is 0 Å². The van der Waals surface area contributed by atoms with Gasteiger partial charge in [0.2, 0.25) is 0 Å². The topological polar surface area (TPSA) is 0 Å². The summed E-state index contributed by atoms with van der Waals surface area (Å²) in [7, 11) is 0. The molecule has 1 aliphatic rings. The van der Waals surface area contributed by atoms with Crippen molar-refractivity contribution in [1.82, 2.24) is 0 Å². The van der Waals surface area contributed by atoms with Crippen molar-refractivity contribution in [2.24, 2.45) is 0 Å². The second-order valence-electron chi connectivity index (χ2n) is 5.05. The van der Waals surface area contributed by atoms with Crippen LogP contribution >= 0.6 is 0 Å². The molecule has 0 unspecified atom stereocenters. The molecule has 0 amide bonds. The van der Waals surface area contributed by atoms with E-state index in [1.54, 1.807) is 0 Å². The second-order valence-corrected chi connectivity index (χ2v) is 5.05. The van der Waals surface area contributed by atoms with Gasteiger partial charge in [0.25, 0.3) is 0 Å². The number of allylic oxidation sites excluding steroid dienone is 4. The summed E-state index contributed by atoms with van der Waals surface area (Å²) < 4.78 is 0. The molecule has 82 valence electrons. The Bertz CT molecular complexity index is 499. The molecule has 0 aliphatic heterocycles. The summed E-state index contributed by atoms with van der Waals surface area (Å²) in [4.78, 5) is 0. The maximum Gasteiger partial charge on any atom is 0.0158 e. The standard InChI is InChI=1S/C16H18/c1-11(2)10-15-12(3)13-8-6-7-9-14(13)16(15,4)5/h6-10H,1,3H2,2,4-5H3/b15-10+. The van der Waals surface area contributed by atoms with Crippen molar-refractivity contribution in [3.8, 4) is 0 Å². The summed E-state index contributed by atoms with van der Waals surface area (Å²) in [5, 5.41) is 0. The predicted octanol–water partition coefficient (Wildman–Crippen LogP) is 4.49. The van der Waals surface area contributed by atoms with E-state index in [1.807, 2.05) is 6.92 Å². The third-order valence-electron chi connectivity index (χ3n) is 3.31. The lowest BCUT2D eigenvalue weighted by Gasteiger charge is -2.22. The molecule has 0 radical (unpaired) electrons. The van der Waals surface area contributed by atoms with Crippen molar-refractivity contribution in [3.63, 3.8) is 0 Å². The molecule has 2 rings (SSSR count). The Kier molecular flexibility index (Phi) is 2.38. The van der Waals surface area contributed by atoms with Gasteiger partial charge >= 0.3 is 0 Å². The Morgan fingerprint density at radius 2 is 1.88 bits per heavy atom. The minimum absolute atomic E-state index is 0.0482. The Morgan fingerprint density at radius 1 is 1.25 bits per heavy atom. The molecule has 0 saturated carbocycles. The molecule has 0 spiro atoms. The second kappa shape index (κ2) is 3.48. The van der Waals surface area contributed by atoms with Gasteiger partial charge in [-0.2, -0.15) is 0 Å². The first-order valence-corrected chi connectivity index (χ1v) is 5.61. The van der Waals surface area contributed by atoms with Gasteiger partial charge in [-0.1, -0.05) is 62.9 Å². The minimum atomic E-state index is 0.0482. The number of fused-ring (bicyclic) bond motifs is 1. The highest BCUT2D eigenvalue weighted by Gasteiger charge is 2.36. The van der Waals surface area contributed by atoms with Crippen LogP contribution in [0.15, 0.2) is 54.6 Å². The minimum Gasteiger partial charge on any atom is -0.0961 e. The zero-order valence-electron chi connectivity index (χ0n) is 10.3. The van der Waals surface area contributed by atoms with Gasteiger partial charge in [0.05, 0.1) is 0 Å². The third kappa shape index (κ3) is 1.46. The van der Waals surface area contributed by atoms with Gasteiger partial charge in [-0.25, -0.2) is 0 Å². The van der Waals surface area contributed by atoms with E-state index in [1.165, 1.54) is 16.7 Å². The largest absolute Gasteiger partial charge is 0.0961 e. The fourth-order valence-corrected chi connectivity index (χ4v) is 2.47. The van der Waals surface area contributed by atoms with Crippen LogP contribution in [0.1, 0.15) is 31.9 Å². The maximum absolute atomic E-state index is 4.22. The van der Waals surface area contributed by atoms with Crippen LogP contribution in [0, 0.1) is 0 Å². The predicted molar refractivity (Wildman–Crippen MR) is 71.4 cm³/mol. The molecule has 0 heteroatoms. The van der Waals surface area contributed by atoms with Crippen molar-refractivity contribution in [1.29, 1.82) is 0 Å². The third-order valence-corrected chi connectivity index (χ3v) is 3.31. The fourth-order valence-electron chi connectivity index (χ4n) is 2.47. The molecule has 1 aromatic rings. The quantitative estimate of drug-likeness (QED) is 0.640. The van der Waals surface area contributed by atoms with Gasteiger partial charge in [-0.05, 0) is 29.2 Å². The molecule has 0 heterocycles. The summed E-state index contributed by atoms with van der Waals surface area (Å²) in [5.41, 5.74) is 6.21. The van der Waals surface area contributed by atoms with E-state index in [2.05, 4.69) is 57.3 Å². The van der Waals surface area contributed by atoms with Crippen molar-refractivity contribution in [3.05, 3.63) is 65.8 Å². The lowest BCUT2D eigenvalue weighted by molar-refractivity contribution is 0.660. The normalized spacial score (nSPS) is 19.9. The van der Waals surface area contributed by atoms with Crippen LogP contribution in [0.4, 0.5) is 0 Å². The van der Waals surface area contributed by atoms with Crippen LogP contribution < -0.4 is 0 Å². The SMILES string of the molecule is C=C(C)/C=C1\C(=C)c2ccccc2C1(C)C. The molecule has 0 saturated heterocycles. The zero-order chi connectivity index (χ0) is 11.9. The first-order chi connectivity index (χ1) is 7.44. The van der Waals surface area contributed by atoms with Crippen molar-refractivity contribution < 1.29 is 0 Å². The maximum atomic E-state index is 4.22. The van der Waals surface area contributed by atoms with Crippen LogP contribution in [-0.2, 0) is 5.41 Å². The first-order valence-electron chi connectivity index (χ1n) is 5.61. The smallest absolute Gasteiger partial charge is 0.0158 e. The summed E-state index contributed by atoms with van der Waals surface area (Å²) in [5.74, 6) is 0. The van der Waals surface area contributed by atoms with Gasteiger partial charge in [0.15, 0.2) is 0 Å². The summed E-state index contributed by atoms with van der Waals surface area (Å²) >= 11 is 0. The van der Waals surface area contributed by atoms with Crippen molar-refractivity contribution in [2.75, 3.05) is 0 Å². The van der Waals surface area contributed by atoms with E-state index in [0.717, 1.165) is 11.1 Å². The Balaban J connectivity index is 2.66. The number of hydrogen-bond donors (Lipinski definition) is 0. The van der Waals surface area contributed by atoms with Crippen molar-refractivity contribution in [2.45, 2.75) is 26.2 Å². The zero-order valence-corrected chi connectivity index (χ0v) is 10.3. The lowest BCUT2D eigenvalue weighted by Crippen LogP contribution is -2.15. The molecule has 1 aromatic carbocycles. The van der Waals surface area contributed by atoms with E-state index in [-0.39, 0.29) is 5.41 Å². The molecule has 0 atom stereocenters. The summed E-state index contributed by atoms with van der Waals surface area (Å²) in [6.07, 6.45) is 2.16. The molecular weight excluding hydrogens is 192 g/mol. The molecule has 0 fully saturated rings. The molecule has 0 bridgehead atoms. The number of benzene rings is 1. The van der Waals surface area contributed by atoms with Gasteiger partial charge in [0, 0.05) is 5.41 Å². The Labute approximate surface area is 98.0 Å². The van der Waals surface area contributed by atoms with Gasteiger partial charge < -0.3 is 0 Å². The first kappa shape index (κ1) is 10.9. The van der Waals surface area contributed by atoms with E-state index in [0.29, 0.717) is 0 Å². The molecular formula is C16H18.